The van der Waals surface area contributed by atoms with Crippen molar-refractivity contribution in [2.45, 2.75) is 51.7 Å². The minimum Gasteiger partial charge on any atom is -0.399 e. The fourth-order valence-corrected chi connectivity index (χ4v) is 2.86. The highest BCUT2D eigenvalue weighted by atomic mass is 16.7. The summed E-state index contributed by atoms with van der Waals surface area (Å²) in [5, 5.41) is 0. The van der Waals surface area contributed by atoms with Crippen LogP contribution in [0.25, 0.3) is 0 Å². The van der Waals surface area contributed by atoms with Crippen LogP contribution >= 0.6 is 0 Å². The highest BCUT2D eigenvalue weighted by Crippen LogP contribution is 2.36. The highest BCUT2D eigenvalue weighted by Gasteiger charge is 2.51. The highest BCUT2D eigenvalue weighted by molar-refractivity contribution is 6.62. The maximum absolute atomic E-state index is 12.3. The van der Waals surface area contributed by atoms with Crippen LogP contribution in [-0.4, -0.2) is 42.2 Å². The molecule has 2 aliphatic rings. The van der Waals surface area contributed by atoms with Crippen LogP contribution in [-0.2, 0) is 9.31 Å². The van der Waals surface area contributed by atoms with Crippen LogP contribution in [0.5, 0.6) is 0 Å². The van der Waals surface area contributed by atoms with E-state index in [9.17, 15) is 4.79 Å². The molecule has 0 radical (unpaired) electrons. The lowest BCUT2D eigenvalue weighted by Gasteiger charge is -2.32. The van der Waals surface area contributed by atoms with E-state index >= 15 is 0 Å². The Morgan fingerprint density at radius 1 is 1.00 bits per heavy atom. The summed E-state index contributed by atoms with van der Waals surface area (Å²) in [5.41, 5.74) is 1.00. The van der Waals surface area contributed by atoms with E-state index in [4.69, 9.17) is 9.31 Å². The van der Waals surface area contributed by atoms with Crippen LogP contribution in [0.15, 0.2) is 24.3 Å². The van der Waals surface area contributed by atoms with E-state index in [1.54, 1.807) is 0 Å². The maximum atomic E-state index is 12.3. The molecule has 3 rings (SSSR count). The molecule has 0 unspecified atom stereocenters. The number of rotatable bonds is 2. The molecule has 0 atom stereocenters. The minimum absolute atomic E-state index is 0.123. The monoisotopic (exact) mass is 301 g/mol. The van der Waals surface area contributed by atoms with Crippen molar-refractivity contribution < 1.29 is 14.1 Å². The zero-order chi connectivity index (χ0) is 16.0. The first-order valence-corrected chi connectivity index (χ1v) is 8.05. The number of benzene rings is 1. The summed E-state index contributed by atoms with van der Waals surface area (Å²) in [6.45, 7) is 9.91. The van der Waals surface area contributed by atoms with Crippen LogP contribution < -0.4 is 5.46 Å². The molecule has 1 aromatic rings. The van der Waals surface area contributed by atoms with E-state index in [2.05, 4.69) is 0 Å². The molecule has 5 heteroatoms. The molecule has 0 aromatic heterocycles. The second-order valence-corrected chi connectivity index (χ2v) is 7.21. The predicted octanol–water partition coefficient (Wildman–Crippen LogP) is 2.22. The van der Waals surface area contributed by atoms with Gasteiger partial charge in [-0.2, -0.15) is 0 Å². The molecular formula is C17H24BNO3. The van der Waals surface area contributed by atoms with Crippen LogP contribution in [0.2, 0.25) is 0 Å². The lowest BCUT2D eigenvalue weighted by atomic mass is 9.79. The van der Waals surface area contributed by atoms with Gasteiger partial charge in [-0.05, 0) is 58.1 Å². The quantitative estimate of drug-likeness (QED) is 0.786. The zero-order valence-corrected chi connectivity index (χ0v) is 13.9. The Bertz CT molecular complexity index is 546. The lowest BCUT2D eigenvalue weighted by molar-refractivity contribution is 0.00578. The van der Waals surface area contributed by atoms with Crippen LogP contribution in [0.3, 0.4) is 0 Å². The molecule has 4 nitrogen and oxygen atoms in total. The molecular weight excluding hydrogens is 277 g/mol. The number of likely N-dealkylation sites (tertiary alicyclic amines) is 1. The fourth-order valence-electron chi connectivity index (χ4n) is 2.86. The van der Waals surface area contributed by atoms with Gasteiger partial charge in [-0.3, -0.25) is 4.79 Å². The van der Waals surface area contributed by atoms with Crippen molar-refractivity contribution >= 4 is 18.5 Å². The normalized spacial score (nSPS) is 23.1. The van der Waals surface area contributed by atoms with Gasteiger partial charge >= 0.3 is 7.12 Å². The van der Waals surface area contributed by atoms with Gasteiger partial charge in [-0.25, -0.2) is 0 Å². The van der Waals surface area contributed by atoms with Gasteiger partial charge in [0.05, 0.1) is 11.2 Å². The summed E-state index contributed by atoms with van der Waals surface area (Å²) in [6, 6.07) is 7.62. The Hall–Kier alpha value is -1.33. The minimum atomic E-state index is -0.374. The lowest BCUT2D eigenvalue weighted by Crippen LogP contribution is -2.41. The Morgan fingerprint density at radius 3 is 2.00 bits per heavy atom. The van der Waals surface area contributed by atoms with Gasteiger partial charge in [0.25, 0.3) is 5.91 Å². The van der Waals surface area contributed by atoms with E-state index in [0.29, 0.717) is 0 Å². The first kappa shape index (κ1) is 15.6. The molecule has 0 aliphatic carbocycles. The molecule has 1 amide bonds. The van der Waals surface area contributed by atoms with Crippen molar-refractivity contribution in [3.8, 4) is 0 Å². The van der Waals surface area contributed by atoms with Crippen molar-refractivity contribution in [3.05, 3.63) is 29.8 Å². The van der Waals surface area contributed by atoms with Crippen LogP contribution in [0, 0.1) is 0 Å². The molecule has 0 bridgehead atoms. The average molecular weight is 301 g/mol. The average Bonchev–Trinajstić information content (AvgIpc) is 3.05. The number of amides is 1. The molecule has 118 valence electrons. The van der Waals surface area contributed by atoms with Crippen molar-refractivity contribution in [2.75, 3.05) is 13.1 Å². The van der Waals surface area contributed by atoms with Crippen molar-refractivity contribution in [1.82, 2.24) is 4.90 Å². The summed E-state index contributed by atoms with van der Waals surface area (Å²) in [4.78, 5) is 14.3. The van der Waals surface area contributed by atoms with Gasteiger partial charge in [0, 0.05) is 18.7 Å². The second-order valence-electron chi connectivity index (χ2n) is 7.21. The van der Waals surface area contributed by atoms with Gasteiger partial charge in [-0.1, -0.05) is 12.1 Å². The number of carbonyl (C=O) groups is 1. The SMILES string of the molecule is CC1(C)OB(c2ccc(C(=O)N3CCCC3)cc2)OC1(C)C. The molecule has 1 aromatic carbocycles. The molecule has 2 saturated heterocycles. The molecule has 0 spiro atoms. The van der Waals surface area contributed by atoms with Crippen molar-refractivity contribution in [3.63, 3.8) is 0 Å². The van der Waals surface area contributed by atoms with Gasteiger partial charge in [0.1, 0.15) is 0 Å². The number of nitrogens with zero attached hydrogens (tertiary/aromatic N) is 1. The number of carbonyl (C=O) groups excluding carboxylic acids is 1. The first-order chi connectivity index (χ1) is 10.3. The predicted molar refractivity (Wildman–Crippen MR) is 87.3 cm³/mol. The van der Waals surface area contributed by atoms with Crippen molar-refractivity contribution in [2.24, 2.45) is 0 Å². The van der Waals surface area contributed by atoms with E-state index in [-0.39, 0.29) is 24.2 Å². The largest absolute Gasteiger partial charge is 0.494 e. The summed E-state index contributed by atoms with van der Waals surface area (Å²) < 4.78 is 12.1. The summed E-state index contributed by atoms with van der Waals surface area (Å²) in [7, 11) is -0.374. The molecule has 2 fully saturated rings. The second kappa shape index (κ2) is 5.39. The maximum Gasteiger partial charge on any atom is 0.494 e. The third-order valence-electron chi connectivity index (χ3n) is 5.08. The summed E-state index contributed by atoms with van der Waals surface area (Å²) in [6.07, 6.45) is 2.22. The van der Waals surface area contributed by atoms with E-state index in [1.807, 2.05) is 56.9 Å². The van der Waals surface area contributed by atoms with Crippen molar-refractivity contribution in [1.29, 1.82) is 0 Å². The standard InChI is InChI=1S/C17H24BNO3/c1-16(2)17(3,4)22-18(21-16)14-9-7-13(8-10-14)15(20)19-11-5-6-12-19/h7-10H,5-6,11-12H2,1-4H3. The topological polar surface area (TPSA) is 38.8 Å². The fraction of sp³-hybridized carbons (Fsp3) is 0.588. The Morgan fingerprint density at radius 2 is 1.50 bits per heavy atom. The third kappa shape index (κ3) is 2.68. The van der Waals surface area contributed by atoms with Gasteiger partial charge in [-0.15, -0.1) is 0 Å². The Balaban J connectivity index is 1.74. The van der Waals surface area contributed by atoms with Crippen LogP contribution in [0.4, 0.5) is 0 Å². The Kier molecular flexibility index (Phi) is 3.81. The first-order valence-electron chi connectivity index (χ1n) is 8.05. The smallest absolute Gasteiger partial charge is 0.399 e. The number of hydrogen-bond donors (Lipinski definition) is 0. The molecule has 2 heterocycles. The van der Waals surface area contributed by atoms with Gasteiger partial charge < -0.3 is 14.2 Å². The Labute approximate surface area is 132 Å². The van der Waals surface area contributed by atoms with E-state index < -0.39 is 0 Å². The van der Waals surface area contributed by atoms with E-state index in [0.717, 1.165) is 37.0 Å². The molecule has 22 heavy (non-hydrogen) atoms. The zero-order valence-electron chi connectivity index (χ0n) is 13.9. The molecule has 0 saturated carbocycles. The summed E-state index contributed by atoms with van der Waals surface area (Å²) in [5.74, 6) is 0.123. The van der Waals surface area contributed by atoms with Crippen LogP contribution in [0.1, 0.15) is 50.9 Å². The van der Waals surface area contributed by atoms with Gasteiger partial charge in [0.15, 0.2) is 0 Å². The number of hydrogen-bond acceptors (Lipinski definition) is 3. The van der Waals surface area contributed by atoms with E-state index in [1.165, 1.54) is 0 Å². The molecule has 0 N–H and O–H groups in total. The third-order valence-corrected chi connectivity index (χ3v) is 5.08. The molecule has 2 aliphatic heterocycles. The van der Waals surface area contributed by atoms with Gasteiger partial charge in [0.2, 0.25) is 0 Å². The summed E-state index contributed by atoms with van der Waals surface area (Å²) >= 11 is 0.